The van der Waals surface area contributed by atoms with E-state index in [0.717, 1.165) is 11.3 Å². The van der Waals surface area contributed by atoms with Crippen molar-refractivity contribution in [3.63, 3.8) is 0 Å². The number of carboxylic acid groups (broad SMARTS) is 1. The number of hydrogen-bond acceptors (Lipinski definition) is 4. The highest BCUT2D eigenvalue weighted by Crippen LogP contribution is 2.38. The molecule has 1 aliphatic rings. The summed E-state index contributed by atoms with van der Waals surface area (Å²) < 4.78 is 10.6. The van der Waals surface area contributed by atoms with E-state index in [1.54, 1.807) is 18.9 Å². The highest BCUT2D eigenvalue weighted by molar-refractivity contribution is 5.78. The summed E-state index contributed by atoms with van der Waals surface area (Å²) in [6.45, 7) is 3.78. The van der Waals surface area contributed by atoms with E-state index in [4.69, 9.17) is 14.6 Å². The molecule has 0 amide bonds. The fraction of sp³-hybridized carbons (Fsp3) is 0.417. The molecule has 0 bridgehead atoms. The lowest BCUT2D eigenvalue weighted by Gasteiger charge is -2.25. The zero-order valence-corrected chi connectivity index (χ0v) is 10.1. The Morgan fingerprint density at radius 1 is 1.41 bits per heavy atom. The van der Waals surface area contributed by atoms with E-state index in [0.29, 0.717) is 11.5 Å². The summed E-state index contributed by atoms with van der Waals surface area (Å²) in [4.78, 5) is 12.7. The molecule has 0 saturated carbocycles. The first kappa shape index (κ1) is 11.6. The van der Waals surface area contributed by atoms with E-state index >= 15 is 0 Å². The second kappa shape index (κ2) is 4.16. The van der Waals surface area contributed by atoms with Crippen molar-refractivity contribution in [2.24, 2.45) is 0 Å². The third-order valence-corrected chi connectivity index (χ3v) is 3.01. The van der Waals surface area contributed by atoms with Crippen LogP contribution in [0, 0.1) is 6.92 Å². The van der Waals surface area contributed by atoms with Crippen molar-refractivity contribution >= 4 is 11.7 Å². The van der Waals surface area contributed by atoms with E-state index in [1.807, 2.05) is 19.1 Å². The molecule has 0 aromatic heterocycles. The number of anilines is 1. The molecule has 0 spiro atoms. The molecule has 1 heterocycles. The molecule has 92 valence electrons. The number of nitrogens with zero attached hydrogens (tertiary/aromatic N) is 1. The summed E-state index contributed by atoms with van der Waals surface area (Å²) >= 11 is 0. The minimum atomic E-state index is -0.857. The maximum absolute atomic E-state index is 11.0. The van der Waals surface area contributed by atoms with Gasteiger partial charge in [-0.05, 0) is 25.5 Å². The lowest BCUT2D eigenvalue weighted by atomic mass is 10.1. The number of aryl methyl sites for hydroxylation is 1. The van der Waals surface area contributed by atoms with Crippen LogP contribution in [0.1, 0.15) is 12.5 Å². The van der Waals surface area contributed by atoms with Gasteiger partial charge in [0, 0.05) is 18.8 Å². The van der Waals surface area contributed by atoms with Gasteiger partial charge in [-0.15, -0.1) is 0 Å². The van der Waals surface area contributed by atoms with Crippen LogP contribution in [0.15, 0.2) is 12.1 Å². The normalized spacial score (nSPS) is 14.5. The number of hydrogen-bond donors (Lipinski definition) is 1. The molecule has 0 radical (unpaired) electrons. The highest BCUT2D eigenvalue weighted by atomic mass is 16.7. The van der Waals surface area contributed by atoms with Crippen LogP contribution in [0.25, 0.3) is 0 Å². The summed E-state index contributed by atoms with van der Waals surface area (Å²) in [5.41, 5.74) is 1.80. The zero-order chi connectivity index (χ0) is 12.6. The van der Waals surface area contributed by atoms with Gasteiger partial charge in [0.15, 0.2) is 11.5 Å². The van der Waals surface area contributed by atoms with Gasteiger partial charge in [0.05, 0.1) is 0 Å². The van der Waals surface area contributed by atoms with Gasteiger partial charge in [0.25, 0.3) is 0 Å². The van der Waals surface area contributed by atoms with Crippen molar-refractivity contribution in [2.75, 3.05) is 18.7 Å². The van der Waals surface area contributed by atoms with E-state index < -0.39 is 12.0 Å². The predicted octanol–water partition coefficient (Wildman–Crippen LogP) is 1.63. The SMILES string of the molecule is Cc1cc2c(cc1N(C)C(C)C(=O)O)OCO2. The molecule has 5 nitrogen and oxygen atoms in total. The van der Waals surface area contributed by atoms with Crippen LogP contribution in [0.5, 0.6) is 11.5 Å². The maximum atomic E-state index is 11.0. The molecule has 1 aromatic carbocycles. The quantitative estimate of drug-likeness (QED) is 0.865. The Kier molecular flexibility index (Phi) is 2.83. The molecule has 17 heavy (non-hydrogen) atoms. The lowest BCUT2D eigenvalue weighted by Crippen LogP contribution is -2.36. The summed E-state index contributed by atoms with van der Waals surface area (Å²) in [5.74, 6) is 0.516. The standard InChI is InChI=1S/C12H15NO4/c1-7-4-10-11(17-6-16-10)5-9(7)13(3)8(2)12(14)15/h4-5,8H,6H2,1-3H3,(H,14,15). The van der Waals surface area contributed by atoms with Crippen LogP contribution in [-0.4, -0.2) is 31.0 Å². The third-order valence-electron chi connectivity index (χ3n) is 3.01. The predicted molar refractivity (Wildman–Crippen MR) is 62.8 cm³/mol. The number of ether oxygens (including phenoxy) is 2. The highest BCUT2D eigenvalue weighted by Gasteiger charge is 2.22. The Morgan fingerprint density at radius 2 is 2.00 bits per heavy atom. The Balaban J connectivity index is 2.35. The van der Waals surface area contributed by atoms with Crippen molar-refractivity contribution in [2.45, 2.75) is 19.9 Å². The van der Waals surface area contributed by atoms with Crippen LogP contribution in [0.3, 0.4) is 0 Å². The first-order chi connectivity index (χ1) is 8.00. The lowest BCUT2D eigenvalue weighted by molar-refractivity contribution is -0.138. The molecule has 1 aliphatic heterocycles. The summed E-state index contributed by atoms with van der Waals surface area (Å²) in [6.07, 6.45) is 0. The molecule has 1 atom stereocenters. The molecule has 1 N–H and O–H groups in total. The first-order valence-corrected chi connectivity index (χ1v) is 5.36. The number of carboxylic acids is 1. The molecular formula is C12H15NO4. The van der Waals surface area contributed by atoms with Crippen LogP contribution < -0.4 is 14.4 Å². The molecule has 2 rings (SSSR count). The molecule has 0 fully saturated rings. The van der Waals surface area contributed by atoms with Crippen molar-refractivity contribution in [3.05, 3.63) is 17.7 Å². The Morgan fingerprint density at radius 3 is 2.59 bits per heavy atom. The number of benzene rings is 1. The number of carbonyl (C=O) groups is 1. The fourth-order valence-electron chi connectivity index (χ4n) is 1.79. The minimum absolute atomic E-state index is 0.219. The second-order valence-electron chi connectivity index (χ2n) is 4.12. The molecule has 5 heteroatoms. The molecule has 0 aliphatic carbocycles. The van der Waals surface area contributed by atoms with Crippen LogP contribution >= 0.6 is 0 Å². The number of likely N-dealkylation sites (N-methyl/N-ethyl adjacent to an activating group) is 1. The largest absolute Gasteiger partial charge is 0.480 e. The first-order valence-electron chi connectivity index (χ1n) is 5.36. The molecular weight excluding hydrogens is 222 g/mol. The van der Waals surface area contributed by atoms with Gasteiger partial charge in [-0.1, -0.05) is 0 Å². The van der Waals surface area contributed by atoms with Crippen molar-refractivity contribution in [3.8, 4) is 11.5 Å². The van der Waals surface area contributed by atoms with Crippen LogP contribution in [0.2, 0.25) is 0 Å². The van der Waals surface area contributed by atoms with Crippen molar-refractivity contribution in [1.29, 1.82) is 0 Å². The van der Waals surface area contributed by atoms with Gasteiger partial charge in [-0.3, -0.25) is 0 Å². The number of rotatable bonds is 3. The van der Waals surface area contributed by atoms with Crippen molar-refractivity contribution < 1.29 is 19.4 Å². The molecule has 1 aromatic rings. The van der Waals surface area contributed by atoms with Gasteiger partial charge in [-0.25, -0.2) is 4.79 Å². The molecule has 1 unspecified atom stereocenters. The third kappa shape index (κ3) is 2.00. The number of aliphatic carboxylic acids is 1. The average molecular weight is 237 g/mol. The van der Waals surface area contributed by atoms with E-state index in [2.05, 4.69) is 0 Å². The molecule has 0 saturated heterocycles. The van der Waals surface area contributed by atoms with E-state index in [1.165, 1.54) is 0 Å². The fourth-order valence-corrected chi connectivity index (χ4v) is 1.79. The van der Waals surface area contributed by atoms with Crippen LogP contribution in [0.4, 0.5) is 5.69 Å². The Labute approximate surface area is 99.6 Å². The number of fused-ring (bicyclic) bond motifs is 1. The van der Waals surface area contributed by atoms with Gasteiger partial charge >= 0.3 is 5.97 Å². The summed E-state index contributed by atoms with van der Waals surface area (Å²) in [6, 6.07) is 3.09. The zero-order valence-electron chi connectivity index (χ0n) is 10.1. The monoisotopic (exact) mass is 237 g/mol. The Hall–Kier alpha value is -1.91. The maximum Gasteiger partial charge on any atom is 0.326 e. The summed E-state index contributed by atoms with van der Waals surface area (Å²) in [7, 11) is 1.75. The summed E-state index contributed by atoms with van der Waals surface area (Å²) in [5, 5.41) is 9.00. The second-order valence-corrected chi connectivity index (χ2v) is 4.12. The van der Waals surface area contributed by atoms with Gasteiger partial charge in [0.2, 0.25) is 6.79 Å². The van der Waals surface area contributed by atoms with Crippen molar-refractivity contribution in [1.82, 2.24) is 0 Å². The van der Waals surface area contributed by atoms with Crippen LogP contribution in [-0.2, 0) is 4.79 Å². The topological polar surface area (TPSA) is 59.0 Å². The van der Waals surface area contributed by atoms with E-state index in [-0.39, 0.29) is 6.79 Å². The van der Waals surface area contributed by atoms with E-state index in [9.17, 15) is 4.79 Å². The van der Waals surface area contributed by atoms with Gasteiger partial charge < -0.3 is 19.5 Å². The van der Waals surface area contributed by atoms with Gasteiger partial charge in [0.1, 0.15) is 6.04 Å². The smallest absolute Gasteiger partial charge is 0.326 e. The van der Waals surface area contributed by atoms with Gasteiger partial charge in [-0.2, -0.15) is 0 Å². The Bertz CT molecular complexity index is 458. The average Bonchev–Trinajstić information content (AvgIpc) is 2.72. The minimum Gasteiger partial charge on any atom is -0.480 e.